The molecule has 0 bridgehead atoms. The van der Waals surface area contributed by atoms with Crippen molar-refractivity contribution in [2.45, 2.75) is 41.8 Å². The van der Waals surface area contributed by atoms with Crippen LogP contribution in [0.1, 0.15) is 38.9 Å². The van der Waals surface area contributed by atoms with E-state index in [9.17, 15) is 14.7 Å². The lowest BCUT2D eigenvalue weighted by molar-refractivity contribution is -0.206. The first-order valence-corrected chi connectivity index (χ1v) is 22.4. The van der Waals surface area contributed by atoms with Gasteiger partial charge in [-0.1, -0.05) is 176 Å². The monoisotopic (exact) mass is 908 g/mol. The minimum atomic E-state index is -2.03. The molecule has 0 unspecified atom stereocenters. The summed E-state index contributed by atoms with van der Waals surface area (Å²) in [7, 11) is 3.23. The molecule has 0 spiro atoms. The van der Waals surface area contributed by atoms with E-state index in [2.05, 4.69) is 4.98 Å². The molecule has 1 aromatic heterocycles. The van der Waals surface area contributed by atoms with Crippen LogP contribution in [-0.4, -0.2) is 60.4 Å². The molecule has 1 aliphatic heterocycles. The molecule has 0 amide bonds. The van der Waals surface area contributed by atoms with Gasteiger partial charge in [-0.25, -0.2) is 4.79 Å². The largest absolute Gasteiger partial charge is 0.497 e. The average molecular weight is 909 g/mol. The predicted molar refractivity (Wildman–Crippen MR) is 259 cm³/mol. The van der Waals surface area contributed by atoms with Gasteiger partial charge in [0, 0.05) is 12.3 Å². The topological polar surface area (TPSA) is 130 Å². The highest BCUT2D eigenvalue weighted by atomic mass is 16.6. The van der Waals surface area contributed by atoms with E-state index >= 15 is 0 Å². The molecule has 0 saturated carbocycles. The zero-order valence-electron chi connectivity index (χ0n) is 37.7. The number of hydrogen-bond donors (Lipinski definition) is 2. The first kappa shape index (κ1) is 45.8. The minimum Gasteiger partial charge on any atom is -0.497 e. The highest BCUT2D eigenvalue weighted by Crippen LogP contribution is 2.47. The van der Waals surface area contributed by atoms with Crippen molar-refractivity contribution in [1.82, 2.24) is 9.55 Å². The molecule has 8 aromatic rings. The van der Waals surface area contributed by atoms with Gasteiger partial charge in [-0.05, 0) is 63.2 Å². The molecule has 344 valence electrons. The molecular weight excluding hydrogens is 857 g/mol. The zero-order chi connectivity index (χ0) is 47.0. The van der Waals surface area contributed by atoms with Crippen LogP contribution in [-0.2, 0) is 42.5 Å². The molecule has 2 N–H and O–H groups in total. The van der Waals surface area contributed by atoms with Gasteiger partial charge >= 0.3 is 5.69 Å². The Morgan fingerprint density at radius 3 is 1.40 bits per heavy atom. The van der Waals surface area contributed by atoms with Crippen LogP contribution in [0.2, 0.25) is 0 Å². The molecule has 11 nitrogen and oxygen atoms in total. The second-order valence-corrected chi connectivity index (χ2v) is 16.6. The van der Waals surface area contributed by atoms with Gasteiger partial charge in [-0.3, -0.25) is 14.3 Å². The number of aliphatic hydroxyl groups is 1. The second kappa shape index (κ2) is 20.2. The fraction of sp³-hybridized carbons (Fsp3) is 0.193. The summed E-state index contributed by atoms with van der Waals surface area (Å²) >= 11 is 0. The van der Waals surface area contributed by atoms with E-state index in [-0.39, 0.29) is 13.2 Å². The number of nitrogens with zero attached hydrogens (tertiary/aromatic N) is 1. The van der Waals surface area contributed by atoms with Crippen LogP contribution < -0.4 is 20.7 Å². The predicted octanol–water partition coefficient (Wildman–Crippen LogP) is 8.57. The molecule has 68 heavy (non-hydrogen) atoms. The fourth-order valence-corrected chi connectivity index (χ4v) is 9.32. The number of ether oxygens (including phenoxy) is 6. The van der Waals surface area contributed by atoms with Crippen LogP contribution in [0, 0.1) is 0 Å². The van der Waals surface area contributed by atoms with Crippen molar-refractivity contribution in [3.8, 4) is 11.5 Å². The highest BCUT2D eigenvalue weighted by molar-refractivity contribution is 5.50. The lowest BCUT2D eigenvalue weighted by Gasteiger charge is -2.41. The Kier molecular flexibility index (Phi) is 13.6. The smallest absolute Gasteiger partial charge is 0.330 e. The van der Waals surface area contributed by atoms with E-state index in [0.717, 1.165) is 38.9 Å². The number of benzene rings is 7. The molecule has 2 heterocycles. The molecule has 4 atom stereocenters. The van der Waals surface area contributed by atoms with Crippen LogP contribution >= 0.6 is 0 Å². The molecule has 11 heteroatoms. The Balaban J connectivity index is 1.21. The summed E-state index contributed by atoms with van der Waals surface area (Å²) in [5.74, 6) is 1.32. The maximum Gasteiger partial charge on any atom is 0.330 e. The number of H-pyrrole nitrogens is 1. The van der Waals surface area contributed by atoms with E-state index in [0.29, 0.717) is 11.5 Å². The van der Waals surface area contributed by atoms with Crippen molar-refractivity contribution < 1.29 is 33.5 Å². The fourth-order valence-electron chi connectivity index (χ4n) is 9.32. The molecule has 0 radical (unpaired) electrons. The number of nitrogens with one attached hydrogen (secondary N) is 1. The van der Waals surface area contributed by atoms with Crippen molar-refractivity contribution in [2.24, 2.45) is 0 Å². The van der Waals surface area contributed by atoms with E-state index in [1.165, 1.54) is 16.8 Å². The van der Waals surface area contributed by atoms with Gasteiger partial charge in [0.1, 0.15) is 41.0 Å². The van der Waals surface area contributed by atoms with Crippen LogP contribution in [0.4, 0.5) is 0 Å². The Morgan fingerprint density at radius 1 is 0.559 bits per heavy atom. The summed E-state index contributed by atoms with van der Waals surface area (Å²) in [6.07, 6.45) is -2.44. The maximum absolute atomic E-state index is 14.3. The quantitative estimate of drug-likeness (QED) is 0.0814. The molecular formula is C57H52N2O9. The molecule has 1 aliphatic rings. The Bertz CT molecular complexity index is 2890. The zero-order valence-corrected chi connectivity index (χ0v) is 37.7. The Labute approximate surface area is 394 Å². The van der Waals surface area contributed by atoms with Crippen molar-refractivity contribution in [3.63, 3.8) is 0 Å². The summed E-state index contributed by atoms with van der Waals surface area (Å²) in [5.41, 5.74) is -0.472. The summed E-state index contributed by atoms with van der Waals surface area (Å²) < 4.78 is 41.1. The van der Waals surface area contributed by atoms with Gasteiger partial charge in [0.05, 0.1) is 34.0 Å². The number of aliphatic hydroxyl groups excluding tert-OH is 1. The third kappa shape index (κ3) is 8.81. The van der Waals surface area contributed by atoms with Crippen molar-refractivity contribution in [1.29, 1.82) is 0 Å². The maximum atomic E-state index is 14.3. The van der Waals surface area contributed by atoms with Crippen LogP contribution in [0.15, 0.2) is 222 Å². The van der Waals surface area contributed by atoms with E-state index in [1.807, 2.05) is 200 Å². The third-order valence-electron chi connectivity index (χ3n) is 12.7. The van der Waals surface area contributed by atoms with Crippen LogP contribution in [0.3, 0.4) is 0 Å². The van der Waals surface area contributed by atoms with Crippen LogP contribution in [0.25, 0.3) is 0 Å². The second-order valence-electron chi connectivity index (χ2n) is 16.6. The van der Waals surface area contributed by atoms with Gasteiger partial charge < -0.3 is 33.5 Å². The number of rotatable bonds is 18. The van der Waals surface area contributed by atoms with E-state index in [4.69, 9.17) is 28.4 Å². The normalized spacial score (nSPS) is 18.2. The van der Waals surface area contributed by atoms with Crippen molar-refractivity contribution in [2.75, 3.05) is 27.4 Å². The van der Waals surface area contributed by atoms with E-state index < -0.39 is 53.1 Å². The first-order valence-electron chi connectivity index (χ1n) is 22.4. The van der Waals surface area contributed by atoms with E-state index in [1.54, 1.807) is 14.2 Å². The summed E-state index contributed by atoms with van der Waals surface area (Å²) in [6.45, 7) is -0.503. The number of aromatic nitrogens is 2. The summed E-state index contributed by atoms with van der Waals surface area (Å²) in [6, 6.07) is 65.3. The Hall–Kier alpha value is -7.38. The highest BCUT2D eigenvalue weighted by Gasteiger charge is 2.59. The average Bonchev–Trinajstić information content (AvgIpc) is 3.67. The van der Waals surface area contributed by atoms with Crippen LogP contribution in [0.5, 0.6) is 11.5 Å². The molecule has 7 aromatic carbocycles. The molecule has 9 rings (SSSR count). The number of methoxy groups -OCH3 is 2. The van der Waals surface area contributed by atoms with Gasteiger partial charge in [-0.2, -0.15) is 0 Å². The summed E-state index contributed by atoms with van der Waals surface area (Å²) in [5, 5.41) is 13.1. The lowest BCUT2D eigenvalue weighted by Crippen LogP contribution is -2.56. The number of hydrogen-bond acceptors (Lipinski definition) is 9. The minimum absolute atomic E-state index is 0.0880. The Morgan fingerprint density at radius 2 is 0.971 bits per heavy atom. The van der Waals surface area contributed by atoms with Gasteiger partial charge in [0.15, 0.2) is 0 Å². The van der Waals surface area contributed by atoms with Crippen molar-refractivity contribution in [3.05, 3.63) is 272 Å². The van der Waals surface area contributed by atoms with Gasteiger partial charge in [0.2, 0.25) is 5.72 Å². The SMILES string of the molecule is COc1ccc(C(OC[C@H]2O[C@@](COC(c3ccccc3)(c3ccccc3)c3ccc(OC)cc3)(n3ccc(=O)[nH]c3=O)[C@@H](O)[C@@H]2OCc2ccccc2)(c2ccccc2)c2ccccc2)cc1. The molecule has 1 saturated heterocycles. The van der Waals surface area contributed by atoms with Crippen molar-refractivity contribution >= 4 is 0 Å². The number of aromatic amines is 1. The molecule has 1 fully saturated rings. The third-order valence-corrected chi connectivity index (χ3v) is 12.7. The standard InChI is InChI=1S/C57H52N2O9/c1-63-48-32-28-46(29-33-48)56(42-20-10-4-11-21-42,43-22-12-5-13-23-43)66-39-50-52(65-38-41-18-8-3-9-19-41)53(61)55(68-50,59-37-36-51(60)58-54(59)62)40-67-57(44-24-14-6-15-25-44,45-26-16-7-17-27-45)47-30-34-49(64-2)35-31-47/h3-37,50,52-53,61H,38-40H2,1-2H3,(H,58,60,62)/t50-,52-,53+,55-/m1/s1. The molecule has 0 aliphatic carbocycles. The van der Waals surface area contributed by atoms with Gasteiger partial charge in [-0.15, -0.1) is 0 Å². The summed E-state index contributed by atoms with van der Waals surface area (Å²) in [4.78, 5) is 29.4. The first-order chi connectivity index (χ1) is 33.3. The van der Waals surface area contributed by atoms with Gasteiger partial charge in [0.25, 0.3) is 5.56 Å². The lowest BCUT2D eigenvalue weighted by atomic mass is 9.80.